The number of rotatable bonds is 5. The maximum Gasteiger partial charge on any atom is 0.237 e. The molecule has 2 aromatic carbocycles. The monoisotopic (exact) mass is 360 g/mol. The lowest BCUT2D eigenvalue weighted by atomic mass is 10.2. The van der Waals surface area contributed by atoms with Crippen LogP contribution in [0.15, 0.2) is 53.4 Å². The molecule has 4 nitrogen and oxygen atoms in total. The predicted octanol–water partition coefficient (Wildman–Crippen LogP) is 3.78. The Labute approximate surface area is 151 Å². The zero-order valence-electron chi connectivity index (χ0n) is 14.1. The third-order valence-electron chi connectivity index (χ3n) is 4.01. The summed E-state index contributed by atoms with van der Waals surface area (Å²) in [7, 11) is 0. The molecule has 25 heavy (non-hydrogen) atoms. The van der Waals surface area contributed by atoms with Crippen molar-refractivity contribution < 1.29 is 13.9 Å². The number of morpholine rings is 1. The van der Waals surface area contributed by atoms with Gasteiger partial charge in [0.15, 0.2) is 0 Å². The van der Waals surface area contributed by atoms with Crippen molar-refractivity contribution in [3.8, 4) is 0 Å². The smallest absolute Gasteiger partial charge is 0.237 e. The van der Waals surface area contributed by atoms with Gasteiger partial charge in [-0.2, -0.15) is 0 Å². The van der Waals surface area contributed by atoms with Crippen molar-refractivity contribution in [1.29, 1.82) is 0 Å². The van der Waals surface area contributed by atoms with E-state index in [1.807, 2.05) is 31.2 Å². The van der Waals surface area contributed by atoms with E-state index in [0.717, 1.165) is 42.6 Å². The van der Waals surface area contributed by atoms with Crippen molar-refractivity contribution in [2.24, 2.45) is 0 Å². The first-order chi connectivity index (χ1) is 12.1. The number of benzene rings is 2. The van der Waals surface area contributed by atoms with Crippen molar-refractivity contribution in [3.63, 3.8) is 0 Å². The van der Waals surface area contributed by atoms with Gasteiger partial charge in [-0.1, -0.05) is 0 Å². The van der Waals surface area contributed by atoms with E-state index in [4.69, 9.17) is 4.74 Å². The van der Waals surface area contributed by atoms with E-state index < -0.39 is 0 Å². The molecule has 0 unspecified atom stereocenters. The van der Waals surface area contributed by atoms with Crippen LogP contribution in [-0.4, -0.2) is 37.5 Å². The third kappa shape index (κ3) is 4.96. The number of carbonyl (C=O) groups excluding carboxylic acids is 1. The molecule has 1 atom stereocenters. The molecule has 1 aliphatic rings. The second-order valence-corrected chi connectivity index (χ2v) is 7.26. The van der Waals surface area contributed by atoms with Crippen molar-refractivity contribution in [3.05, 3.63) is 54.3 Å². The molecule has 132 valence electrons. The first-order valence-electron chi connectivity index (χ1n) is 8.28. The van der Waals surface area contributed by atoms with E-state index in [1.54, 1.807) is 12.1 Å². The second-order valence-electron chi connectivity index (χ2n) is 5.85. The van der Waals surface area contributed by atoms with Crippen LogP contribution in [0.25, 0.3) is 0 Å². The molecule has 0 spiro atoms. The van der Waals surface area contributed by atoms with Crippen LogP contribution in [-0.2, 0) is 9.53 Å². The summed E-state index contributed by atoms with van der Waals surface area (Å²) in [6.07, 6.45) is 0. The fourth-order valence-corrected chi connectivity index (χ4v) is 3.46. The molecule has 0 aliphatic carbocycles. The number of halogens is 1. The molecule has 1 fully saturated rings. The normalized spacial score (nSPS) is 15.7. The average Bonchev–Trinajstić information content (AvgIpc) is 2.65. The highest BCUT2D eigenvalue weighted by molar-refractivity contribution is 8.00. The number of anilines is 2. The fraction of sp³-hybridized carbons (Fsp3) is 0.316. The number of hydrogen-bond donors (Lipinski definition) is 1. The summed E-state index contributed by atoms with van der Waals surface area (Å²) in [5.74, 6) is -0.352. The Kier molecular flexibility index (Phi) is 5.94. The van der Waals surface area contributed by atoms with Gasteiger partial charge >= 0.3 is 0 Å². The number of nitrogens with zero attached hydrogens (tertiary/aromatic N) is 1. The summed E-state index contributed by atoms with van der Waals surface area (Å²) in [5.41, 5.74) is 1.91. The molecule has 1 heterocycles. The van der Waals surface area contributed by atoms with Crippen LogP contribution >= 0.6 is 11.8 Å². The highest BCUT2D eigenvalue weighted by atomic mass is 32.2. The van der Waals surface area contributed by atoms with Gasteiger partial charge in [0.1, 0.15) is 5.82 Å². The number of amides is 1. The lowest BCUT2D eigenvalue weighted by Gasteiger charge is -2.28. The lowest BCUT2D eigenvalue weighted by molar-refractivity contribution is -0.115. The van der Waals surface area contributed by atoms with Gasteiger partial charge in [-0.05, 0) is 55.5 Å². The molecule has 3 rings (SSSR count). The fourth-order valence-electron chi connectivity index (χ4n) is 2.59. The van der Waals surface area contributed by atoms with Crippen LogP contribution < -0.4 is 10.2 Å². The van der Waals surface area contributed by atoms with E-state index in [2.05, 4.69) is 10.2 Å². The number of nitrogens with one attached hydrogen (secondary N) is 1. The van der Waals surface area contributed by atoms with E-state index in [9.17, 15) is 9.18 Å². The van der Waals surface area contributed by atoms with Gasteiger partial charge in [0.25, 0.3) is 0 Å². The Morgan fingerprint density at radius 1 is 1.12 bits per heavy atom. The second kappa shape index (κ2) is 8.36. The highest BCUT2D eigenvalue weighted by Crippen LogP contribution is 2.25. The van der Waals surface area contributed by atoms with E-state index in [0.29, 0.717) is 0 Å². The summed E-state index contributed by atoms with van der Waals surface area (Å²) in [5, 5.41) is 2.65. The average molecular weight is 360 g/mol. The summed E-state index contributed by atoms with van der Waals surface area (Å²) in [6.45, 7) is 5.10. The lowest BCUT2D eigenvalue weighted by Crippen LogP contribution is -2.36. The van der Waals surface area contributed by atoms with Gasteiger partial charge in [-0.25, -0.2) is 4.39 Å². The van der Waals surface area contributed by atoms with E-state index >= 15 is 0 Å². The first-order valence-corrected chi connectivity index (χ1v) is 9.15. The van der Waals surface area contributed by atoms with Gasteiger partial charge in [-0.15, -0.1) is 11.8 Å². The molecule has 0 aromatic heterocycles. The molecule has 1 saturated heterocycles. The van der Waals surface area contributed by atoms with E-state index in [-0.39, 0.29) is 17.0 Å². The molecule has 1 aliphatic heterocycles. The van der Waals surface area contributed by atoms with Gasteiger partial charge in [0, 0.05) is 29.4 Å². The van der Waals surface area contributed by atoms with Gasteiger partial charge in [0.05, 0.1) is 18.5 Å². The summed E-state index contributed by atoms with van der Waals surface area (Å²) < 4.78 is 18.3. The van der Waals surface area contributed by atoms with Gasteiger partial charge < -0.3 is 15.0 Å². The van der Waals surface area contributed by atoms with Crippen molar-refractivity contribution in [2.75, 3.05) is 36.5 Å². The molecular weight excluding hydrogens is 339 g/mol. The van der Waals surface area contributed by atoms with Crippen LogP contribution in [0.3, 0.4) is 0 Å². The zero-order valence-corrected chi connectivity index (χ0v) is 14.9. The molecule has 0 bridgehead atoms. The quantitative estimate of drug-likeness (QED) is 0.824. The molecule has 1 amide bonds. The van der Waals surface area contributed by atoms with E-state index in [1.165, 1.54) is 23.9 Å². The highest BCUT2D eigenvalue weighted by Gasteiger charge is 2.15. The van der Waals surface area contributed by atoms with Crippen LogP contribution in [0.2, 0.25) is 0 Å². The molecule has 2 aromatic rings. The SMILES string of the molecule is C[C@@H](Sc1ccc(F)cc1)C(=O)Nc1ccc(N2CCOCC2)cc1. The number of thioether (sulfide) groups is 1. The molecule has 6 heteroatoms. The molecular formula is C19H21FN2O2S. The third-order valence-corrected chi connectivity index (χ3v) is 5.12. The predicted molar refractivity (Wildman–Crippen MR) is 99.8 cm³/mol. The van der Waals surface area contributed by atoms with Crippen LogP contribution in [0.5, 0.6) is 0 Å². The summed E-state index contributed by atoms with van der Waals surface area (Å²) in [4.78, 5) is 15.5. The first kappa shape index (κ1) is 17.8. The summed E-state index contributed by atoms with van der Waals surface area (Å²) >= 11 is 1.40. The van der Waals surface area contributed by atoms with Crippen LogP contribution in [0.4, 0.5) is 15.8 Å². The largest absolute Gasteiger partial charge is 0.378 e. The van der Waals surface area contributed by atoms with Crippen LogP contribution in [0.1, 0.15) is 6.92 Å². The molecule has 0 saturated carbocycles. The topological polar surface area (TPSA) is 41.6 Å². The zero-order chi connectivity index (χ0) is 17.6. The Morgan fingerprint density at radius 3 is 2.40 bits per heavy atom. The standard InChI is InChI=1S/C19H21FN2O2S/c1-14(25-18-8-2-15(20)3-9-18)19(23)21-16-4-6-17(7-5-16)22-10-12-24-13-11-22/h2-9,14H,10-13H2,1H3,(H,21,23)/t14-/m1/s1. The number of ether oxygens (including phenoxy) is 1. The van der Waals surface area contributed by atoms with Crippen molar-refractivity contribution in [1.82, 2.24) is 0 Å². The number of hydrogen-bond acceptors (Lipinski definition) is 4. The molecule has 1 N–H and O–H groups in total. The Balaban J connectivity index is 1.55. The minimum absolute atomic E-state index is 0.0755. The van der Waals surface area contributed by atoms with Gasteiger partial charge in [0.2, 0.25) is 5.91 Å². The minimum atomic E-state index is -0.276. The Hall–Kier alpha value is -2.05. The van der Waals surface area contributed by atoms with Gasteiger partial charge in [-0.3, -0.25) is 4.79 Å². The maximum absolute atomic E-state index is 12.9. The Morgan fingerprint density at radius 2 is 1.76 bits per heavy atom. The number of carbonyl (C=O) groups is 1. The maximum atomic E-state index is 12.9. The molecule has 0 radical (unpaired) electrons. The minimum Gasteiger partial charge on any atom is -0.378 e. The van der Waals surface area contributed by atoms with Crippen molar-refractivity contribution >= 4 is 29.0 Å². The Bertz CT molecular complexity index is 700. The summed E-state index contributed by atoms with van der Waals surface area (Å²) in [6, 6.07) is 14.0. The van der Waals surface area contributed by atoms with Crippen LogP contribution in [0, 0.1) is 5.82 Å². The van der Waals surface area contributed by atoms with Crippen molar-refractivity contribution in [2.45, 2.75) is 17.1 Å².